The molecule has 0 aromatic carbocycles. The lowest BCUT2D eigenvalue weighted by Gasteiger charge is -2.26. The van der Waals surface area contributed by atoms with Gasteiger partial charge in [-0.25, -0.2) is 4.98 Å². The number of amides is 1. The first-order valence-electron chi connectivity index (χ1n) is 7.55. The second-order valence-electron chi connectivity index (χ2n) is 5.69. The molecule has 2 heterocycles. The van der Waals surface area contributed by atoms with E-state index in [1.165, 1.54) is 6.20 Å². The first-order valence-corrected chi connectivity index (χ1v) is 7.92. The Bertz CT molecular complexity index is 679. The third-order valence-electron chi connectivity index (χ3n) is 3.99. The number of pyridine rings is 1. The summed E-state index contributed by atoms with van der Waals surface area (Å²) in [4.78, 5) is 20.5. The van der Waals surface area contributed by atoms with E-state index in [1.807, 2.05) is 0 Å². The molecule has 0 atom stereocenters. The Balaban J connectivity index is 1.63. The molecule has 0 spiro atoms. The molecule has 23 heavy (non-hydrogen) atoms. The molecule has 0 saturated heterocycles. The van der Waals surface area contributed by atoms with Gasteiger partial charge in [0.2, 0.25) is 11.8 Å². The van der Waals surface area contributed by atoms with Crippen molar-refractivity contribution in [2.24, 2.45) is 0 Å². The first-order chi connectivity index (χ1) is 11.1. The van der Waals surface area contributed by atoms with Crippen LogP contribution in [-0.4, -0.2) is 27.6 Å². The maximum absolute atomic E-state index is 12.1. The van der Waals surface area contributed by atoms with E-state index in [4.69, 9.17) is 16.1 Å². The van der Waals surface area contributed by atoms with Gasteiger partial charge in [0.15, 0.2) is 5.82 Å². The minimum Gasteiger partial charge on any atom is -0.340 e. The molecule has 0 radical (unpaired) electrons. The Morgan fingerprint density at radius 3 is 2.78 bits per heavy atom. The van der Waals surface area contributed by atoms with Gasteiger partial charge in [-0.15, -0.1) is 0 Å². The number of nitrogens with zero attached hydrogens (tertiary/aromatic N) is 3. The van der Waals surface area contributed by atoms with Crippen molar-refractivity contribution in [3.8, 4) is 0 Å². The predicted octanol–water partition coefficient (Wildman–Crippen LogP) is 2.42. The van der Waals surface area contributed by atoms with Crippen LogP contribution in [0.3, 0.4) is 0 Å². The Morgan fingerprint density at radius 2 is 2.17 bits per heavy atom. The smallest absolute Gasteiger partial charge is 0.239 e. The van der Waals surface area contributed by atoms with E-state index in [9.17, 15) is 4.79 Å². The van der Waals surface area contributed by atoms with Crippen LogP contribution < -0.4 is 10.6 Å². The zero-order valence-corrected chi connectivity index (χ0v) is 13.6. The molecule has 1 aliphatic rings. The lowest BCUT2D eigenvalue weighted by atomic mass is 9.96. The fourth-order valence-corrected chi connectivity index (χ4v) is 2.95. The van der Waals surface area contributed by atoms with Gasteiger partial charge in [-0.3, -0.25) is 10.1 Å². The van der Waals surface area contributed by atoms with Crippen molar-refractivity contribution >= 4 is 23.3 Å². The molecule has 2 aromatic rings. The second-order valence-corrected chi connectivity index (χ2v) is 6.13. The number of aryl methyl sites for hydroxylation is 1. The SMILES string of the molecule is Cc1nc(C2(NCC(=O)Nc3ccc(Cl)cn3)CCCC2)no1. The van der Waals surface area contributed by atoms with E-state index < -0.39 is 0 Å². The first kappa shape index (κ1) is 15.9. The number of aromatic nitrogens is 3. The minimum atomic E-state index is -0.386. The number of nitrogens with one attached hydrogen (secondary N) is 2. The summed E-state index contributed by atoms with van der Waals surface area (Å²) in [6.07, 6.45) is 5.41. The van der Waals surface area contributed by atoms with E-state index in [0.717, 1.165) is 25.7 Å². The number of halogens is 1. The van der Waals surface area contributed by atoms with E-state index >= 15 is 0 Å². The summed E-state index contributed by atoms with van der Waals surface area (Å²) in [5.41, 5.74) is -0.386. The van der Waals surface area contributed by atoms with Gasteiger partial charge in [-0.05, 0) is 25.0 Å². The highest BCUT2D eigenvalue weighted by molar-refractivity contribution is 6.30. The molecule has 3 rings (SSSR count). The monoisotopic (exact) mass is 335 g/mol. The summed E-state index contributed by atoms with van der Waals surface area (Å²) in [6, 6.07) is 3.34. The fraction of sp³-hybridized carbons (Fsp3) is 0.467. The lowest BCUT2D eigenvalue weighted by Crippen LogP contribution is -2.44. The Hall–Kier alpha value is -1.99. The van der Waals surface area contributed by atoms with Crippen LogP contribution in [0.15, 0.2) is 22.9 Å². The molecule has 0 bridgehead atoms. The van der Waals surface area contributed by atoms with Crippen LogP contribution in [0.25, 0.3) is 0 Å². The average molecular weight is 336 g/mol. The van der Waals surface area contributed by atoms with Crippen LogP contribution in [0.2, 0.25) is 5.02 Å². The zero-order valence-electron chi connectivity index (χ0n) is 12.8. The van der Waals surface area contributed by atoms with Gasteiger partial charge in [0, 0.05) is 13.1 Å². The van der Waals surface area contributed by atoms with Gasteiger partial charge >= 0.3 is 0 Å². The highest BCUT2D eigenvalue weighted by atomic mass is 35.5. The van der Waals surface area contributed by atoms with E-state index in [-0.39, 0.29) is 18.0 Å². The summed E-state index contributed by atoms with van der Waals surface area (Å²) in [5, 5.41) is 10.6. The highest BCUT2D eigenvalue weighted by Crippen LogP contribution is 2.37. The van der Waals surface area contributed by atoms with Crippen LogP contribution in [-0.2, 0) is 10.3 Å². The molecule has 1 aliphatic carbocycles. The molecule has 8 heteroatoms. The molecular weight excluding hydrogens is 318 g/mol. The topological polar surface area (TPSA) is 92.9 Å². The van der Waals surface area contributed by atoms with E-state index in [1.54, 1.807) is 19.1 Å². The van der Waals surface area contributed by atoms with Crippen molar-refractivity contribution < 1.29 is 9.32 Å². The molecular formula is C15H18ClN5O2. The second kappa shape index (κ2) is 6.64. The number of hydrogen-bond donors (Lipinski definition) is 2. The number of rotatable bonds is 5. The molecule has 122 valence electrons. The van der Waals surface area contributed by atoms with Gasteiger partial charge in [0.25, 0.3) is 0 Å². The third kappa shape index (κ3) is 3.68. The quantitative estimate of drug-likeness (QED) is 0.871. The number of carbonyl (C=O) groups is 1. The van der Waals surface area contributed by atoms with Gasteiger partial charge in [-0.2, -0.15) is 4.98 Å². The molecule has 1 saturated carbocycles. The van der Waals surface area contributed by atoms with Gasteiger partial charge in [-0.1, -0.05) is 29.6 Å². The maximum Gasteiger partial charge on any atom is 0.239 e. The van der Waals surface area contributed by atoms with Crippen LogP contribution >= 0.6 is 11.6 Å². The molecule has 1 fully saturated rings. The normalized spacial score (nSPS) is 16.4. The molecule has 0 aliphatic heterocycles. The van der Waals surface area contributed by atoms with E-state index in [2.05, 4.69) is 25.8 Å². The van der Waals surface area contributed by atoms with Crippen molar-refractivity contribution in [2.75, 3.05) is 11.9 Å². The van der Waals surface area contributed by atoms with Gasteiger partial charge in [0.1, 0.15) is 5.82 Å². The Labute approximate surface area is 138 Å². The minimum absolute atomic E-state index is 0.151. The van der Waals surface area contributed by atoms with Crippen molar-refractivity contribution in [3.05, 3.63) is 35.1 Å². The maximum atomic E-state index is 12.1. The summed E-state index contributed by atoms with van der Waals surface area (Å²) in [5.74, 6) is 1.45. The van der Waals surface area contributed by atoms with Crippen LogP contribution in [0, 0.1) is 6.92 Å². The molecule has 2 aromatic heterocycles. The highest BCUT2D eigenvalue weighted by Gasteiger charge is 2.39. The summed E-state index contributed by atoms with van der Waals surface area (Å²) in [7, 11) is 0. The Kier molecular flexibility index (Phi) is 4.58. The summed E-state index contributed by atoms with van der Waals surface area (Å²) in [6.45, 7) is 1.91. The van der Waals surface area contributed by atoms with E-state index in [0.29, 0.717) is 22.6 Å². The number of hydrogen-bond acceptors (Lipinski definition) is 6. The molecule has 7 nitrogen and oxygen atoms in total. The van der Waals surface area contributed by atoms with Gasteiger partial charge in [0.05, 0.1) is 17.1 Å². The van der Waals surface area contributed by atoms with Crippen molar-refractivity contribution in [3.63, 3.8) is 0 Å². The number of anilines is 1. The standard InChI is InChI=1S/C15H18ClN5O2/c1-10-19-14(21-23-10)15(6-2-3-7-15)18-9-13(22)20-12-5-4-11(16)8-17-12/h4-5,8,18H,2-3,6-7,9H2,1H3,(H,17,20,22). The Morgan fingerprint density at radius 1 is 1.39 bits per heavy atom. The predicted molar refractivity (Wildman–Crippen MR) is 85.1 cm³/mol. The van der Waals surface area contributed by atoms with Crippen LogP contribution in [0.4, 0.5) is 5.82 Å². The average Bonchev–Trinajstić information content (AvgIpc) is 3.17. The van der Waals surface area contributed by atoms with Crippen molar-refractivity contribution in [1.29, 1.82) is 0 Å². The fourth-order valence-electron chi connectivity index (χ4n) is 2.84. The van der Waals surface area contributed by atoms with Crippen LogP contribution in [0.1, 0.15) is 37.4 Å². The zero-order chi connectivity index (χ0) is 16.3. The van der Waals surface area contributed by atoms with Crippen molar-refractivity contribution in [2.45, 2.75) is 38.1 Å². The number of carbonyl (C=O) groups excluding carboxylic acids is 1. The lowest BCUT2D eigenvalue weighted by molar-refractivity contribution is -0.115. The summed E-state index contributed by atoms with van der Waals surface area (Å²) < 4.78 is 5.09. The van der Waals surface area contributed by atoms with Crippen molar-refractivity contribution in [1.82, 2.24) is 20.4 Å². The molecule has 2 N–H and O–H groups in total. The van der Waals surface area contributed by atoms with Crippen LogP contribution in [0.5, 0.6) is 0 Å². The van der Waals surface area contributed by atoms with Gasteiger partial charge < -0.3 is 9.84 Å². The summed E-state index contributed by atoms with van der Waals surface area (Å²) >= 11 is 5.77. The molecule has 1 amide bonds. The molecule has 0 unspecified atom stereocenters. The third-order valence-corrected chi connectivity index (χ3v) is 4.22. The largest absolute Gasteiger partial charge is 0.340 e.